The van der Waals surface area contributed by atoms with Gasteiger partial charge in [-0.05, 0) is 44.5 Å². The van der Waals surface area contributed by atoms with Gasteiger partial charge in [0.15, 0.2) is 0 Å². The topological polar surface area (TPSA) is 50.4 Å². The van der Waals surface area contributed by atoms with Crippen LogP contribution in [0.15, 0.2) is 18.2 Å². The number of aryl methyl sites for hydroxylation is 1. The number of carbonyl (C=O) groups excluding carboxylic acids is 1. The van der Waals surface area contributed by atoms with Crippen molar-refractivity contribution in [3.8, 4) is 18.1 Å². The summed E-state index contributed by atoms with van der Waals surface area (Å²) >= 11 is 0. The van der Waals surface area contributed by atoms with Crippen LogP contribution in [0, 0.1) is 19.3 Å². The Bertz CT molecular complexity index is 476. The van der Waals surface area contributed by atoms with Crippen molar-refractivity contribution >= 4 is 11.6 Å². The Morgan fingerprint density at radius 3 is 2.79 bits per heavy atom. The van der Waals surface area contributed by atoms with E-state index >= 15 is 0 Å². The van der Waals surface area contributed by atoms with E-state index in [2.05, 4.69) is 16.6 Å². The van der Waals surface area contributed by atoms with E-state index < -0.39 is 0 Å². The predicted molar refractivity (Wildman–Crippen MR) is 77.3 cm³/mol. The molecule has 0 aliphatic carbocycles. The molecule has 0 heterocycles. The summed E-state index contributed by atoms with van der Waals surface area (Å²) in [6, 6.07) is 5.59. The first-order valence-corrected chi connectivity index (χ1v) is 6.24. The van der Waals surface area contributed by atoms with E-state index in [1.165, 1.54) is 0 Å². The maximum atomic E-state index is 11.6. The Balaban J connectivity index is 2.59. The van der Waals surface area contributed by atoms with Gasteiger partial charge in [0.2, 0.25) is 5.91 Å². The molecule has 4 nitrogen and oxygen atoms in total. The summed E-state index contributed by atoms with van der Waals surface area (Å²) in [6.07, 6.45) is 5.22. The Morgan fingerprint density at radius 1 is 1.47 bits per heavy atom. The maximum absolute atomic E-state index is 11.6. The zero-order valence-corrected chi connectivity index (χ0v) is 11.6. The highest BCUT2D eigenvalue weighted by atomic mass is 16.5. The van der Waals surface area contributed by atoms with Crippen LogP contribution in [-0.2, 0) is 4.79 Å². The fourth-order valence-corrected chi connectivity index (χ4v) is 1.56. The monoisotopic (exact) mass is 260 g/mol. The third kappa shape index (κ3) is 5.45. The van der Waals surface area contributed by atoms with E-state index in [9.17, 15) is 4.79 Å². The van der Waals surface area contributed by atoms with Crippen molar-refractivity contribution in [1.82, 2.24) is 5.32 Å². The quantitative estimate of drug-likeness (QED) is 0.607. The molecule has 1 rings (SSSR count). The smallest absolute Gasteiger partial charge is 0.238 e. The minimum Gasteiger partial charge on any atom is -0.491 e. The van der Waals surface area contributed by atoms with Gasteiger partial charge in [-0.2, -0.15) is 0 Å². The standard InChI is InChI=1S/C15H20N2O2/c1-5-8-16-10-15(18)17-14-7-6-13(9-12(14)4)19-11(2)3/h1,6-7,9,11,16H,8,10H2,2-4H3,(H,17,18). The van der Waals surface area contributed by atoms with Crippen LogP contribution in [0.4, 0.5) is 5.69 Å². The van der Waals surface area contributed by atoms with E-state index in [1.807, 2.05) is 39.0 Å². The molecule has 2 N–H and O–H groups in total. The zero-order valence-electron chi connectivity index (χ0n) is 11.6. The van der Waals surface area contributed by atoms with E-state index in [1.54, 1.807) is 0 Å². The van der Waals surface area contributed by atoms with Crippen molar-refractivity contribution in [2.45, 2.75) is 26.9 Å². The molecule has 102 valence electrons. The van der Waals surface area contributed by atoms with Crippen LogP contribution in [0.1, 0.15) is 19.4 Å². The van der Waals surface area contributed by atoms with Gasteiger partial charge >= 0.3 is 0 Å². The summed E-state index contributed by atoms with van der Waals surface area (Å²) in [5, 5.41) is 5.66. The SMILES string of the molecule is C#CCNCC(=O)Nc1ccc(OC(C)C)cc1C. The molecule has 0 aliphatic rings. The number of benzene rings is 1. The number of carbonyl (C=O) groups is 1. The number of terminal acetylenes is 1. The lowest BCUT2D eigenvalue weighted by Gasteiger charge is -2.13. The molecule has 0 atom stereocenters. The van der Waals surface area contributed by atoms with Crippen molar-refractivity contribution < 1.29 is 9.53 Å². The number of hydrogen-bond donors (Lipinski definition) is 2. The molecule has 0 aliphatic heterocycles. The van der Waals surface area contributed by atoms with E-state index in [4.69, 9.17) is 11.2 Å². The van der Waals surface area contributed by atoms with Crippen LogP contribution in [0.3, 0.4) is 0 Å². The maximum Gasteiger partial charge on any atom is 0.238 e. The number of hydrogen-bond acceptors (Lipinski definition) is 3. The molecule has 0 saturated carbocycles. The Morgan fingerprint density at radius 2 is 2.21 bits per heavy atom. The Kier molecular flexibility index (Phi) is 5.91. The molecular formula is C15H20N2O2. The molecule has 0 unspecified atom stereocenters. The molecule has 1 aromatic rings. The molecule has 0 fully saturated rings. The van der Waals surface area contributed by atoms with Crippen LogP contribution in [-0.4, -0.2) is 25.1 Å². The molecule has 1 amide bonds. The second-order valence-electron chi connectivity index (χ2n) is 4.50. The highest BCUT2D eigenvalue weighted by Crippen LogP contribution is 2.22. The minimum absolute atomic E-state index is 0.115. The molecule has 0 spiro atoms. The highest BCUT2D eigenvalue weighted by Gasteiger charge is 2.06. The Labute approximate surface area is 114 Å². The van der Waals surface area contributed by atoms with Crippen LogP contribution in [0.5, 0.6) is 5.75 Å². The molecule has 4 heteroatoms. The van der Waals surface area contributed by atoms with Crippen LogP contribution < -0.4 is 15.4 Å². The van der Waals surface area contributed by atoms with Gasteiger partial charge < -0.3 is 10.1 Å². The minimum atomic E-state index is -0.115. The van der Waals surface area contributed by atoms with Crippen molar-refractivity contribution in [1.29, 1.82) is 0 Å². The molecule has 0 aromatic heterocycles. The summed E-state index contributed by atoms with van der Waals surface area (Å²) in [6.45, 7) is 6.46. The number of rotatable bonds is 6. The number of nitrogens with one attached hydrogen (secondary N) is 2. The lowest BCUT2D eigenvalue weighted by atomic mass is 10.2. The van der Waals surface area contributed by atoms with Crippen molar-refractivity contribution in [2.24, 2.45) is 0 Å². The lowest BCUT2D eigenvalue weighted by Crippen LogP contribution is -2.28. The second kappa shape index (κ2) is 7.45. The van der Waals surface area contributed by atoms with Gasteiger partial charge in [-0.25, -0.2) is 0 Å². The van der Waals surface area contributed by atoms with E-state index in [0.717, 1.165) is 17.0 Å². The summed E-state index contributed by atoms with van der Waals surface area (Å²) in [5.41, 5.74) is 1.74. The fourth-order valence-electron chi connectivity index (χ4n) is 1.56. The predicted octanol–water partition coefficient (Wildman–Crippen LogP) is 1.94. The molecule has 1 aromatic carbocycles. The van der Waals surface area contributed by atoms with Gasteiger partial charge in [-0.3, -0.25) is 10.1 Å². The molecule has 0 radical (unpaired) electrons. The fraction of sp³-hybridized carbons (Fsp3) is 0.400. The first kappa shape index (κ1) is 15.1. The summed E-state index contributed by atoms with van der Waals surface area (Å²) in [7, 11) is 0. The normalized spacial score (nSPS) is 10.1. The summed E-state index contributed by atoms with van der Waals surface area (Å²) < 4.78 is 5.59. The molecule has 0 saturated heterocycles. The molecule has 19 heavy (non-hydrogen) atoms. The second-order valence-corrected chi connectivity index (χ2v) is 4.50. The average Bonchev–Trinajstić information content (AvgIpc) is 2.32. The largest absolute Gasteiger partial charge is 0.491 e. The molecular weight excluding hydrogens is 240 g/mol. The van der Waals surface area contributed by atoms with Gasteiger partial charge in [0, 0.05) is 5.69 Å². The number of amides is 1. The average molecular weight is 260 g/mol. The van der Waals surface area contributed by atoms with Gasteiger partial charge in [0.05, 0.1) is 19.2 Å². The third-order valence-corrected chi connectivity index (χ3v) is 2.36. The van der Waals surface area contributed by atoms with E-state index in [-0.39, 0.29) is 18.6 Å². The number of anilines is 1. The zero-order chi connectivity index (χ0) is 14.3. The third-order valence-electron chi connectivity index (χ3n) is 2.36. The molecule has 0 bridgehead atoms. The lowest BCUT2D eigenvalue weighted by molar-refractivity contribution is -0.115. The van der Waals surface area contributed by atoms with Gasteiger partial charge in [0.25, 0.3) is 0 Å². The summed E-state index contributed by atoms with van der Waals surface area (Å²) in [4.78, 5) is 11.6. The van der Waals surface area contributed by atoms with Crippen molar-refractivity contribution in [2.75, 3.05) is 18.4 Å². The first-order chi connectivity index (χ1) is 9.02. The van der Waals surface area contributed by atoms with Crippen LogP contribution >= 0.6 is 0 Å². The van der Waals surface area contributed by atoms with Crippen LogP contribution in [0.25, 0.3) is 0 Å². The van der Waals surface area contributed by atoms with Gasteiger partial charge in [-0.1, -0.05) is 5.92 Å². The van der Waals surface area contributed by atoms with Crippen LogP contribution in [0.2, 0.25) is 0 Å². The highest BCUT2D eigenvalue weighted by molar-refractivity contribution is 5.93. The van der Waals surface area contributed by atoms with Gasteiger partial charge in [-0.15, -0.1) is 6.42 Å². The summed E-state index contributed by atoms with van der Waals surface area (Å²) in [5.74, 6) is 3.10. The van der Waals surface area contributed by atoms with Crippen molar-refractivity contribution in [3.63, 3.8) is 0 Å². The van der Waals surface area contributed by atoms with Crippen molar-refractivity contribution in [3.05, 3.63) is 23.8 Å². The Hall–Kier alpha value is -1.99. The number of ether oxygens (including phenoxy) is 1. The first-order valence-electron chi connectivity index (χ1n) is 6.24. The van der Waals surface area contributed by atoms with Gasteiger partial charge in [0.1, 0.15) is 5.75 Å². The van der Waals surface area contributed by atoms with E-state index in [0.29, 0.717) is 6.54 Å².